The minimum Gasteiger partial charge on any atom is -0.545 e. The van der Waals surface area contributed by atoms with E-state index < -0.39 is 11.9 Å². The average molecular weight is 328 g/mol. The van der Waals surface area contributed by atoms with E-state index in [1.165, 1.54) is 38.5 Å². The average Bonchev–Trinajstić information content (AvgIpc) is 2.39. The van der Waals surface area contributed by atoms with Crippen LogP contribution >= 0.6 is 0 Å². The van der Waals surface area contributed by atoms with Crippen LogP contribution in [-0.4, -0.2) is 11.9 Å². The van der Waals surface area contributed by atoms with Gasteiger partial charge in [0.2, 0.25) is 0 Å². The Hall–Kier alpha value is 0.680. The summed E-state index contributed by atoms with van der Waals surface area (Å²) in [6, 6.07) is 0. The van der Waals surface area contributed by atoms with Gasteiger partial charge in [-0.2, -0.15) is 0 Å². The van der Waals surface area contributed by atoms with Crippen LogP contribution in [0.2, 0.25) is 0 Å². The van der Waals surface area contributed by atoms with Gasteiger partial charge in [0.1, 0.15) is 0 Å². The van der Waals surface area contributed by atoms with Gasteiger partial charge in [0.05, 0.1) is 11.9 Å². The van der Waals surface area contributed by atoms with E-state index in [4.69, 9.17) is 0 Å². The summed E-state index contributed by atoms with van der Waals surface area (Å²) in [5.41, 5.74) is -0.176. The van der Waals surface area contributed by atoms with Crippen molar-refractivity contribution in [3.63, 3.8) is 0 Å². The van der Waals surface area contributed by atoms with Gasteiger partial charge in [-0.25, -0.2) is 0 Å². The van der Waals surface area contributed by atoms with E-state index in [9.17, 15) is 19.8 Å². The fraction of sp³-hybridized carbons (Fsp3) is 0.750. The maximum Gasteiger partial charge on any atom is 1.00 e. The van der Waals surface area contributed by atoms with E-state index in [0.29, 0.717) is 12.5 Å². The first kappa shape index (κ1) is 27.5. The van der Waals surface area contributed by atoms with Crippen molar-refractivity contribution in [2.45, 2.75) is 77.6 Å². The summed E-state index contributed by atoms with van der Waals surface area (Å²) in [5.74, 6) is -2.89. The van der Waals surface area contributed by atoms with E-state index in [0.717, 1.165) is 19.3 Å². The van der Waals surface area contributed by atoms with E-state index in [1.807, 2.05) is 0 Å². The maximum atomic E-state index is 10.7. The predicted octanol–water partition coefficient (Wildman–Crippen LogP) is -4.27. The summed E-state index contributed by atoms with van der Waals surface area (Å²) in [6.07, 6.45) is 12.4. The maximum absolute atomic E-state index is 10.7. The number of carboxylic acid groups (broad SMARTS) is 2. The molecule has 6 heteroatoms. The third-order valence-corrected chi connectivity index (χ3v) is 3.35. The first-order valence-electron chi connectivity index (χ1n) is 7.70. The van der Waals surface area contributed by atoms with E-state index in [1.54, 1.807) is 0 Å². The molecule has 0 aliphatic carbocycles. The molecular weight excluding hydrogens is 302 g/mol. The molecule has 116 valence electrons. The summed E-state index contributed by atoms with van der Waals surface area (Å²) < 4.78 is 0. The molecule has 0 unspecified atom stereocenters. The number of unbranched alkanes of at least 4 members (excludes halogenated alkanes) is 9. The van der Waals surface area contributed by atoms with E-state index >= 15 is 0 Å². The summed E-state index contributed by atoms with van der Waals surface area (Å²) in [6.45, 7) is 2.20. The second-order valence-electron chi connectivity index (χ2n) is 5.21. The van der Waals surface area contributed by atoms with Crippen LogP contribution in [0.15, 0.2) is 11.6 Å². The van der Waals surface area contributed by atoms with Gasteiger partial charge in [-0.05, 0) is 24.5 Å². The molecule has 0 heterocycles. The minimum absolute atomic E-state index is 0. The zero-order valence-corrected chi connectivity index (χ0v) is 18.5. The van der Waals surface area contributed by atoms with Crippen molar-refractivity contribution in [1.82, 2.24) is 0 Å². The number of hydrogen-bond donors (Lipinski definition) is 0. The Balaban J connectivity index is -0.00000180. The smallest absolute Gasteiger partial charge is 0.545 e. The Bertz CT molecular complexity index is 317. The van der Waals surface area contributed by atoms with Crippen LogP contribution in [0.5, 0.6) is 0 Å². The third kappa shape index (κ3) is 18.7. The van der Waals surface area contributed by atoms with Gasteiger partial charge >= 0.3 is 59.1 Å². The van der Waals surface area contributed by atoms with Gasteiger partial charge in [-0.15, -0.1) is 0 Å². The summed E-state index contributed by atoms with van der Waals surface area (Å²) in [5, 5.41) is 21.0. The molecule has 0 aromatic heterocycles. The molecule has 0 spiro atoms. The van der Waals surface area contributed by atoms with Crippen LogP contribution in [0.4, 0.5) is 0 Å². The van der Waals surface area contributed by atoms with Gasteiger partial charge in [-0.1, -0.05) is 64.7 Å². The molecular formula is C16H26Na2O4. The van der Waals surface area contributed by atoms with Crippen molar-refractivity contribution in [3.8, 4) is 0 Å². The molecule has 0 N–H and O–H groups in total. The van der Waals surface area contributed by atoms with Crippen molar-refractivity contribution < 1.29 is 78.9 Å². The number of aliphatic carboxylic acids is 2. The van der Waals surface area contributed by atoms with Crippen molar-refractivity contribution in [2.75, 3.05) is 0 Å². The van der Waals surface area contributed by atoms with Crippen LogP contribution in [0.3, 0.4) is 0 Å². The predicted molar refractivity (Wildman–Crippen MR) is 74.6 cm³/mol. The second-order valence-corrected chi connectivity index (χ2v) is 5.21. The molecule has 0 fully saturated rings. The summed E-state index contributed by atoms with van der Waals surface area (Å²) in [4.78, 5) is 21.0. The topological polar surface area (TPSA) is 80.3 Å². The largest absolute Gasteiger partial charge is 1.00 e. The quantitative estimate of drug-likeness (QED) is 0.195. The van der Waals surface area contributed by atoms with Crippen molar-refractivity contribution in [1.29, 1.82) is 0 Å². The van der Waals surface area contributed by atoms with Gasteiger partial charge in [-0.3, -0.25) is 0 Å². The van der Waals surface area contributed by atoms with Gasteiger partial charge in [0, 0.05) is 0 Å². The van der Waals surface area contributed by atoms with Gasteiger partial charge in [0.15, 0.2) is 0 Å². The summed E-state index contributed by atoms with van der Waals surface area (Å²) in [7, 11) is 0. The molecule has 0 amide bonds. The second kappa shape index (κ2) is 19.7. The van der Waals surface area contributed by atoms with Crippen LogP contribution in [-0.2, 0) is 9.59 Å². The molecule has 0 saturated heterocycles. The van der Waals surface area contributed by atoms with Crippen molar-refractivity contribution in [3.05, 3.63) is 11.6 Å². The van der Waals surface area contributed by atoms with E-state index in [-0.39, 0.29) is 71.1 Å². The molecule has 0 aliphatic rings. The Morgan fingerprint density at radius 3 is 1.55 bits per heavy atom. The Morgan fingerprint density at radius 2 is 1.18 bits per heavy atom. The molecule has 0 aliphatic heterocycles. The molecule has 0 bridgehead atoms. The zero-order valence-electron chi connectivity index (χ0n) is 14.5. The Kier molecular flexibility index (Phi) is 24.7. The normalized spacial score (nSPS) is 10.5. The molecule has 0 rings (SSSR count). The first-order valence-corrected chi connectivity index (χ1v) is 7.70. The number of hydrogen-bond acceptors (Lipinski definition) is 4. The number of carbonyl (C=O) groups is 2. The van der Waals surface area contributed by atoms with E-state index in [2.05, 4.69) is 6.92 Å². The monoisotopic (exact) mass is 328 g/mol. The molecule has 22 heavy (non-hydrogen) atoms. The SMILES string of the molecule is CCCCCCCCCCCCC(=CC(=O)[O-])C(=O)[O-].[Na+].[Na+]. The zero-order chi connectivity index (χ0) is 15.2. The van der Waals surface area contributed by atoms with Crippen molar-refractivity contribution >= 4 is 11.9 Å². The molecule has 4 nitrogen and oxygen atoms in total. The molecule has 0 aromatic rings. The Morgan fingerprint density at radius 1 is 0.773 bits per heavy atom. The van der Waals surface area contributed by atoms with Crippen LogP contribution in [0.25, 0.3) is 0 Å². The fourth-order valence-electron chi connectivity index (χ4n) is 2.18. The number of carbonyl (C=O) groups excluding carboxylic acids is 2. The minimum atomic E-state index is -1.48. The molecule has 0 atom stereocenters. The molecule has 0 aromatic carbocycles. The molecule has 0 saturated carbocycles. The molecule has 0 radical (unpaired) electrons. The first-order chi connectivity index (χ1) is 9.57. The van der Waals surface area contributed by atoms with Crippen LogP contribution in [0.1, 0.15) is 77.6 Å². The van der Waals surface area contributed by atoms with Gasteiger partial charge in [0.25, 0.3) is 0 Å². The third-order valence-electron chi connectivity index (χ3n) is 3.35. The standard InChI is InChI=1S/C16H28O4.2Na/c1-2-3-4-5-6-7-8-9-10-11-12-14(16(19)20)13-15(17)18;;/h13H,2-12H2,1H3,(H,17,18)(H,19,20);;/q;2*+1/p-2. The summed E-state index contributed by atoms with van der Waals surface area (Å²) >= 11 is 0. The number of rotatable bonds is 13. The fourth-order valence-corrected chi connectivity index (χ4v) is 2.18. The number of carboxylic acids is 2. The van der Waals surface area contributed by atoms with Gasteiger partial charge < -0.3 is 19.8 Å². The Labute approximate surface area is 178 Å². The van der Waals surface area contributed by atoms with Crippen LogP contribution in [0, 0.1) is 0 Å². The van der Waals surface area contributed by atoms with Crippen LogP contribution < -0.4 is 69.3 Å². The van der Waals surface area contributed by atoms with Crippen molar-refractivity contribution in [2.24, 2.45) is 0 Å².